The third-order valence-electron chi connectivity index (χ3n) is 2.87. The second-order valence-corrected chi connectivity index (χ2v) is 4.65. The van der Waals surface area contributed by atoms with E-state index in [0.717, 1.165) is 6.07 Å². The van der Waals surface area contributed by atoms with Gasteiger partial charge in [0, 0.05) is 17.2 Å². The second-order valence-electron chi connectivity index (χ2n) is 4.38. The summed E-state index contributed by atoms with van der Waals surface area (Å²) < 4.78 is 67.1. The topological polar surface area (TPSA) is 49.3 Å². The van der Waals surface area contributed by atoms with Gasteiger partial charge in [0.2, 0.25) is 5.91 Å². The van der Waals surface area contributed by atoms with Gasteiger partial charge in [-0.15, -0.1) is 11.6 Å². The van der Waals surface area contributed by atoms with E-state index in [9.17, 15) is 31.9 Å². The van der Waals surface area contributed by atoms with Crippen LogP contribution in [0.5, 0.6) is 5.75 Å². The van der Waals surface area contributed by atoms with Crippen LogP contribution in [0.25, 0.3) is 11.1 Å². The number of phenolic OH excluding ortho intramolecular Hbond substituents is 1. The summed E-state index contributed by atoms with van der Waals surface area (Å²) in [7, 11) is 0. The molecule has 0 saturated heterocycles. The molecule has 0 heterocycles. The maximum absolute atomic E-state index is 13.9. The number of anilines is 1. The van der Waals surface area contributed by atoms with Crippen LogP contribution in [0.2, 0.25) is 0 Å². The summed E-state index contributed by atoms with van der Waals surface area (Å²) in [5.74, 6) is -10.9. The maximum atomic E-state index is 13.9. The summed E-state index contributed by atoms with van der Waals surface area (Å²) in [6.07, 6.45) is 0. The molecule has 23 heavy (non-hydrogen) atoms. The number of carbonyl (C=O) groups excluding carboxylic acids is 1. The molecule has 0 fully saturated rings. The van der Waals surface area contributed by atoms with Gasteiger partial charge in [0.05, 0.1) is 5.69 Å². The highest BCUT2D eigenvalue weighted by atomic mass is 35.5. The SMILES string of the molecule is O=C(CCl)Nc1cc(-c2cc(F)c(F)c(F)c2F)c(F)cc1O. The first kappa shape index (κ1) is 17.0. The Labute approximate surface area is 131 Å². The Bertz CT molecular complexity index is 797. The van der Waals surface area contributed by atoms with Crippen molar-refractivity contribution in [1.82, 2.24) is 0 Å². The predicted molar refractivity (Wildman–Crippen MR) is 72.7 cm³/mol. The van der Waals surface area contributed by atoms with E-state index in [1.54, 1.807) is 0 Å². The van der Waals surface area contributed by atoms with E-state index in [0.29, 0.717) is 6.07 Å². The van der Waals surface area contributed by atoms with Gasteiger partial charge in [-0.05, 0) is 12.1 Å². The Kier molecular flexibility index (Phi) is 4.74. The molecule has 0 radical (unpaired) electrons. The number of phenols is 1. The molecule has 3 nitrogen and oxygen atoms in total. The first-order valence-electron chi connectivity index (χ1n) is 5.98. The fraction of sp³-hybridized carbons (Fsp3) is 0.0714. The van der Waals surface area contributed by atoms with Crippen molar-refractivity contribution in [3.05, 3.63) is 47.3 Å². The fourth-order valence-electron chi connectivity index (χ4n) is 1.82. The molecule has 0 aliphatic heterocycles. The maximum Gasteiger partial charge on any atom is 0.239 e. The van der Waals surface area contributed by atoms with Crippen molar-refractivity contribution >= 4 is 23.2 Å². The van der Waals surface area contributed by atoms with E-state index in [1.807, 2.05) is 0 Å². The van der Waals surface area contributed by atoms with Gasteiger partial charge in [0.25, 0.3) is 0 Å². The van der Waals surface area contributed by atoms with Gasteiger partial charge < -0.3 is 10.4 Å². The van der Waals surface area contributed by atoms with Gasteiger partial charge in [0.1, 0.15) is 17.4 Å². The van der Waals surface area contributed by atoms with Crippen LogP contribution >= 0.6 is 11.6 Å². The molecular formula is C14H7ClF5NO2. The van der Waals surface area contributed by atoms with Crippen LogP contribution in [0.3, 0.4) is 0 Å². The van der Waals surface area contributed by atoms with Crippen molar-refractivity contribution in [2.45, 2.75) is 0 Å². The van der Waals surface area contributed by atoms with Gasteiger partial charge in [0.15, 0.2) is 23.3 Å². The summed E-state index contributed by atoms with van der Waals surface area (Å²) in [5.41, 5.74) is -1.97. The van der Waals surface area contributed by atoms with Crippen molar-refractivity contribution in [2.75, 3.05) is 11.2 Å². The van der Waals surface area contributed by atoms with Crippen LogP contribution < -0.4 is 5.32 Å². The monoisotopic (exact) mass is 351 g/mol. The third kappa shape index (κ3) is 3.21. The third-order valence-corrected chi connectivity index (χ3v) is 3.12. The van der Waals surface area contributed by atoms with E-state index < -0.39 is 57.7 Å². The molecule has 1 amide bonds. The summed E-state index contributed by atoms with van der Waals surface area (Å²) >= 11 is 5.26. The number of nitrogens with one attached hydrogen (secondary N) is 1. The number of halogens is 6. The van der Waals surface area contributed by atoms with Gasteiger partial charge in [-0.25, -0.2) is 22.0 Å². The second kappa shape index (κ2) is 6.41. The first-order valence-corrected chi connectivity index (χ1v) is 6.51. The number of aromatic hydroxyl groups is 1. The minimum atomic E-state index is -2.11. The highest BCUT2D eigenvalue weighted by molar-refractivity contribution is 6.29. The molecule has 2 rings (SSSR count). The van der Waals surface area contributed by atoms with Gasteiger partial charge in [-0.2, -0.15) is 0 Å². The number of rotatable bonds is 3. The Morgan fingerprint density at radius 3 is 2.22 bits per heavy atom. The van der Waals surface area contributed by atoms with Crippen LogP contribution in [-0.4, -0.2) is 16.9 Å². The van der Waals surface area contributed by atoms with E-state index in [2.05, 4.69) is 5.32 Å². The number of benzene rings is 2. The number of hydrogen-bond donors (Lipinski definition) is 2. The minimum absolute atomic E-state index is 0.260. The largest absolute Gasteiger partial charge is 0.506 e. The highest BCUT2D eigenvalue weighted by Crippen LogP contribution is 2.35. The Balaban J connectivity index is 2.65. The lowest BCUT2D eigenvalue weighted by Crippen LogP contribution is -2.13. The molecule has 0 aliphatic carbocycles. The lowest BCUT2D eigenvalue weighted by atomic mass is 10.0. The number of carbonyl (C=O) groups is 1. The molecule has 0 unspecified atom stereocenters. The smallest absolute Gasteiger partial charge is 0.239 e. The van der Waals surface area contributed by atoms with Gasteiger partial charge >= 0.3 is 0 Å². The standard InChI is InChI=1S/C14H7ClF5NO2/c15-4-11(23)21-9-2-5(7(16)3-10(9)22)6-1-8(17)13(19)14(20)12(6)18/h1-3,22H,4H2,(H,21,23). The summed E-state index contributed by atoms with van der Waals surface area (Å²) in [4.78, 5) is 11.2. The van der Waals surface area contributed by atoms with E-state index in [4.69, 9.17) is 11.6 Å². The lowest BCUT2D eigenvalue weighted by Gasteiger charge is -2.11. The molecule has 0 atom stereocenters. The van der Waals surface area contributed by atoms with Crippen LogP contribution in [0, 0.1) is 29.1 Å². The molecule has 0 saturated carbocycles. The fourth-order valence-corrected chi connectivity index (χ4v) is 1.89. The molecule has 0 aromatic heterocycles. The van der Waals surface area contributed by atoms with Crippen molar-refractivity contribution in [3.8, 4) is 16.9 Å². The highest BCUT2D eigenvalue weighted by Gasteiger charge is 2.23. The molecule has 0 bridgehead atoms. The zero-order valence-electron chi connectivity index (χ0n) is 11.1. The van der Waals surface area contributed by atoms with Crippen molar-refractivity contribution in [1.29, 1.82) is 0 Å². The predicted octanol–water partition coefficient (Wildman–Crippen LogP) is 3.93. The number of alkyl halides is 1. The minimum Gasteiger partial charge on any atom is -0.506 e. The lowest BCUT2D eigenvalue weighted by molar-refractivity contribution is -0.113. The molecule has 9 heteroatoms. The van der Waals surface area contributed by atoms with Crippen LogP contribution in [0.4, 0.5) is 27.6 Å². The molecule has 2 N–H and O–H groups in total. The van der Waals surface area contributed by atoms with Crippen LogP contribution in [0.15, 0.2) is 18.2 Å². The zero-order chi connectivity index (χ0) is 17.3. The Hall–Kier alpha value is -2.35. The Morgan fingerprint density at radius 2 is 1.61 bits per heavy atom. The summed E-state index contributed by atoms with van der Waals surface area (Å²) in [6, 6.07) is 1.50. The van der Waals surface area contributed by atoms with Crippen molar-refractivity contribution in [3.63, 3.8) is 0 Å². The Morgan fingerprint density at radius 1 is 0.957 bits per heavy atom. The number of hydrogen-bond acceptors (Lipinski definition) is 2. The van der Waals surface area contributed by atoms with Crippen molar-refractivity contribution < 1.29 is 31.9 Å². The van der Waals surface area contributed by atoms with Crippen LogP contribution in [-0.2, 0) is 4.79 Å². The molecular weight excluding hydrogens is 345 g/mol. The van der Waals surface area contributed by atoms with Gasteiger partial charge in [-0.1, -0.05) is 0 Å². The first-order chi connectivity index (χ1) is 10.8. The molecule has 2 aromatic rings. The average molecular weight is 352 g/mol. The van der Waals surface area contributed by atoms with E-state index >= 15 is 0 Å². The van der Waals surface area contributed by atoms with Crippen LogP contribution in [0.1, 0.15) is 0 Å². The summed E-state index contributed by atoms with van der Waals surface area (Å²) in [6.45, 7) is 0. The number of amides is 1. The summed E-state index contributed by atoms with van der Waals surface area (Å²) in [5, 5.41) is 11.6. The molecule has 2 aromatic carbocycles. The van der Waals surface area contributed by atoms with E-state index in [-0.39, 0.29) is 11.8 Å². The molecule has 0 spiro atoms. The molecule has 122 valence electrons. The average Bonchev–Trinajstić information content (AvgIpc) is 2.51. The van der Waals surface area contributed by atoms with E-state index in [1.165, 1.54) is 0 Å². The zero-order valence-corrected chi connectivity index (χ0v) is 11.8. The normalized spacial score (nSPS) is 10.7. The van der Waals surface area contributed by atoms with Gasteiger partial charge in [-0.3, -0.25) is 4.79 Å². The van der Waals surface area contributed by atoms with Crippen molar-refractivity contribution in [2.24, 2.45) is 0 Å². The molecule has 0 aliphatic rings. The quantitative estimate of drug-likeness (QED) is 0.289.